The molecule has 0 heterocycles. The molecule has 5 heteroatoms. The number of hydrogen-bond donors (Lipinski definition) is 1. The predicted octanol–water partition coefficient (Wildman–Crippen LogP) is 4.19. The molecule has 0 amide bonds. The van der Waals surface area contributed by atoms with Crippen molar-refractivity contribution in [1.29, 1.82) is 0 Å². The van der Waals surface area contributed by atoms with Crippen LogP contribution in [0.15, 0.2) is 24.3 Å². The molecule has 116 valence electrons. The number of carbonyl (C=O) groups excluding carboxylic acids is 1. The number of ketones is 1. The zero-order chi connectivity index (χ0) is 15.5. The van der Waals surface area contributed by atoms with Gasteiger partial charge in [0.1, 0.15) is 0 Å². The molecule has 0 atom stereocenters. The Morgan fingerprint density at radius 3 is 2.29 bits per heavy atom. The number of carbonyl (C=O) groups is 1. The number of hydrogen-bond acceptors (Lipinski definition) is 2. The highest BCUT2D eigenvalue weighted by atomic mass is 19.4. The van der Waals surface area contributed by atoms with E-state index in [0.717, 1.165) is 37.8 Å². The van der Waals surface area contributed by atoms with Gasteiger partial charge in [0.25, 0.3) is 0 Å². The van der Waals surface area contributed by atoms with Crippen LogP contribution in [0.3, 0.4) is 0 Å². The predicted molar refractivity (Wildman–Crippen MR) is 75.0 cm³/mol. The van der Waals surface area contributed by atoms with Crippen LogP contribution in [0.2, 0.25) is 0 Å². The Bertz CT molecular complexity index is 502. The van der Waals surface area contributed by atoms with E-state index in [-0.39, 0.29) is 17.9 Å². The van der Waals surface area contributed by atoms with Crippen molar-refractivity contribution in [2.24, 2.45) is 11.1 Å². The lowest BCUT2D eigenvalue weighted by Crippen LogP contribution is -2.38. The zero-order valence-corrected chi connectivity index (χ0v) is 11.9. The van der Waals surface area contributed by atoms with E-state index >= 15 is 0 Å². The maximum absolute atomic E-state index is 12.8. The van der Waals surface area contributed by atoms with Crippen LogP contribution in [0.4, 0.5) is 13.2 Å². The van der Waals surface area contributed by atoms with Crippen molar-refractivity contribution < 1.29 is 18.0 Å². The van der Waals surface area contributed by atoms with Gasteiger partial charge < -0.3 is 5.73 Å². The monoisotopic (exact) mass is 299 g/mol. The number of Topliss-reactive ketones (excluding diaryl/α,β-unsaturated/α-hetero) is 1. The second-order valence-corrected chi connectivity index (χ2v) is 5.81. The molecule has 1 fully saturated rings. The number of halogens is 3. The Kier molecular flexibility index (Phi) is 4.71. The molecule has 0 radical (unpaired) electrons. The average molecular weight is 299 g/mol. The summed E-state index contributed by atoms with van der Waals surface area (Å²) in [5, 5.41) is 0. The van der Waals surface area contributed by atoms with Gasteiger partial charge in [-0.2, -0.15) is 13.2 Å². The molecule has 1 aromatic rings. The first kappa shape index (κ1) is 16.0. The summed E-state index contributed by atoms with van der Waals surface area (Å²) in [5.74, 6) is -0.238. The summed E-state index contributed by atoms with van der Waals surface area (Å²) in [6, 6.07) is 4.68. The van der Waals surface area contributed by atoms with Gasteiger partial charge in [0.05, 0.1) is 5.56 Å². The largest absolute Gasteiger partial charge is 0.416 e. The normalized spacial score (nSPS) is 19.0. The fraction of sp³-hybridized carbons (Fsp3) is 0.562. The van der Waals surface area contributed by atoms with Crippen LogP contribution in [-0.2, 0) is 6.18 Å². The van der Waals surface area contributed by atoms with Crippen molar-refractivity contribution in [2.75, 3.05) is 6.54 Å². The average Bonchev–Trinajstić information content (AvgIpc) is 2.72. The van der Waals surface area contributed by atoms with Crippen molar-refractivity contribution in [2.45, 2.75) is 44.7 Å². The van der Waals surface area contributed by atoms with Gasteiger partial charge >= 0.3 is 6.18 Å². The molecule has 0 aromatic heterocycles. The summed E-state index contributed by atoms with van der Waals surface area (Å²) in [7, 11) is 0. The van der Waals surface area contributed by atoms with Gasteiger partial charge in [-0.3, -0.25) is 4.79 Å². The summed E-state index contributed by atoms with van der Waals surface area (Å²) in [4.78, 5) is 12.7. The van der Waals surface area contributed by atoms with Gasteiger partial charge in [0.15, 0.2) is 5.78 Å². The third-order valence-electron chi connectivity index (χ3n) is 4.39. The Balaban J connectivity index is 2.33. The van der Waals surface area contributed by atoms with Crippen molar-refractivity contribution in [3.05, 3.63) is 35.4 Å². The Labute approximate surface area is 122 Å². The van der Waals surface area contributed by atoms with Crippen LogP contribution in [0.5, 0.6) is 0 Å². The maximum atomic E-state index is 12.8. The lowest BCUT2D eigenvalue weighted by molar-refractivity contribution is -0.137. The number of rotatable bonds is 3. The lowest BCUT2D eigenvalue weighted by atomic mass is 9.74. The number of nitrogens with two attached hydrogens (primary N) is 1. The third-order valence-corrected chi connectivity index (χ3v) is 4.39. The number of benzene rings is 1. The molecule has 2 rings (SSSR count). The minimum Gasteiger partial charge on any atom is -0.329 e. The van der Waals surface area contributed by atoms with Gasteiger partial charge in [0, 0.05) is 17.5 Å². The topological polar surface area (TPSA) is 43.1 Å². The van der Waals surface area contributed by atoms with Crippen LogP contribution >= 0.6 is 0 Å². The van der Waals surface area contributed by atoms with Crippen LogP contribution < -0.4 is 5.73 Å². The smallest absolute Gasteiger partial charge is 0.329 e. The van der Waals surface area contributed by atoms with Gasteiger partial charge in [-0.15, -0.1) is 0 Å². The molecule has 2 N–H and O–H groups in total. The van der Waals surface area contributed by atoms with Crippen LogP contribution in [-0.4, -0.2) is 12.3 Å². The first-order chi connectivity index (χ1) is 9.89. The van der Waals surface area contributed by atoms with E-state index in [2.05, 4.69) is 0 Å². The highest BCUT2D eigenvalue weighted by Gasteiger charge is 2.38. The molecule has 1 aliphatic carbocycles. The molecule has 2 nitrogen and oxygen atoms in total. The molecule has 0 unspecified atom stereocenters. The SMILES string of the molecule is NCC1(C(=O)c2cccc(C(F)(F)F)c2)CCCCCC1. The molecule has 21 heavy (non-hydrogen) atoms. The van der Waals surface area contributed by atoms with E-state index in [1.807, 2.05) is 0 Å². The molecule has 1 aliphatic rings. The third kappa shape index (κ3) is 3.46. The van der Waals surface area contributed by atoms with E-state index in [0.29, 0.717) is 12.8 Å². The first-order valence-corrected chi connectivity index (χ1v) is 7.31. The summed E-state index contributed by atoms with van der Waals surface area (Å²) in [6.07, 6.45) is 0.811. The molecular formula is C16H20F3NO. The summed E-state index contributed by atoms with van der Waals surface area (Å²) in [5.41, 5.74) is 4.47. The fourth-order valence-corrected chi connectivity index (χ4v) is 3.07. The van der Waals surface area contributed by atoms with Gasteiger partial charge in [-0.25, -0.2) is 0 Å². The highest BCUT2D eigenvalue weighted by molar-refractivity contribution is 6.00. The van der Waals surface area contributed by atoms with E-state index in [1.165, 1.54) is 12.1 Å². The first-order valence-electron chi connectivity index (χ1n) is 7.31. The summed E-state index contributed by atoms with van der Waals surface area (Å²) >= 11 is 0. The number of alkyl halides is 3. The van der Waals surface area contributed by atoms with Gasteiger partial charge in [-0.05, 0) is 25.0 Å². The maximum Gasteiger partial charge on any atom is 0.416 e. The van der Waals surface area contributed by atoms with E-state index in [4.69, 9.17) is 5.73 Å². The standard InChI is InChI=1S/C16H20F3NO/c17-16(18,19)13-7-5-6-12(10-13)14(21)15(11-20)8-3-1-2-4-9-15/h5-7,10H,1-4,8-9,11,20H2. The second-order valence-electron chi connectivity index (χ2n) is 5.81. The van der Waals surface area contributed by atoms with Crippen molar-refractivity contribution in [1.82, 2.24) is 0 Å². The molecule has 0 spiro atoms. The lowest BCUT2D eigenvalue weighted by Gasteiger charge is -2.30. The minimum atomic E-state index is -4.43. The molecule has 0 saturated heterocycles. The highest BCUT2D eigenvalue weighted by Crippen LogP contribution is 2.38. The van der Waals surface area contributed by atoms with Gasteiger partial charge in [-0.1, -0.05) is 37.8 Å². The van der Waals surface area contributed by atoms with Crippen molar-refractivity contribution in [3.63, 3.8) is 0 Å². The minimum absolute atomic E-state index is 0.122. The van der Waals surface area contributed by atoms with Crippen molar-refractivity contribution in [3.8, 4) is 0 Å². The fourth-order valence-electron chi connectivity index (χ4n) is 3.07. The van der Waals surface area contributed by atoms with Crippen LogP contribution in [0.1, 0.15) is 54.4 Å². The Hall–Kier alpha value is -1.36. The molecule has 1 aromatic carbocycles. The molecule has 0 aliphatic heterocycles. The quantitative estimate of drug-likeness (QED) is 0.672. The van der Waals surface area contributed by atoms with Gasteiger partial charge in [0.2, 0.25) is 0 Å². The van der Waals surface area contributed by atoms with Crippen LogP contribution in [0.25, 0.3) is 0 Å². The van der Waals surface area contributed by atoms with E-state index in [1.54, 1.807) is 0 Å². The summed E-state index contributed by atoms with van der Waals surface area (Å²) in [6.45, 7) is 0.197. The van der Waals surface area contributed by atoms with Crippen molar-refractivity contribution >= 4 is 5.78 Å². The summed E-state index contributed by atoms with van der Waals surface area (Å²) < 4.78 is 38.3. The Morgan fingerprint density at radius 1 is 1.14 bits per heavy atom. The Morgan fingerprint density at radius 2 is 1.76 bits per heavy atom. The van der Waals surface area contributed by atoms with Crippen LogP contribution in [0, 0.1) is 5.41 Å². The molecular weight excluding hydrogens is 279 g/mol. The molecule has 1 saturated carbocycles. The van der Waals surface area contributed by atoms with E-state index < -0.39 is 17.2 Å². The zero-order valence-electron chi connectivity index (χ0n) is 11.9. The second kappa shape index (κ2) is 6.18. The molecule has 0 bridgehead atoms. The van der Waals surface area contributed by atoms with E-state index in [9.17, 15) is 18.0 Å².